The van der Waals surface area contributed by atoms with Crippen molar-refractivity contribution in [1.82, 2.24) is 14.9 Å². The van der Waals surface area contributed by atoms with Crippen molar-refractivity contribution in [1.29, 1.82) is 0 Å². The third kappa shape index (κ3) is 5.60. The molecule has 198 valence electrons. The maximum Gasteiger partial charge on any atom is 0.411 e. The molecule has 0 saturated carbocycles. The van der Waals surface area contributed by atoms with Gasteiger partial charge in [-0.2, -0.15) is 0 Å². The molecule has 2 bridgehead atoms. The highest BCUT2D eigenvalue weighted by Crippen LogP contribution is 2.36. The SMILES string of the molecule is COC(=O)Nc1ccc2c(c1)NC(=O)CCCCC(N1CCC(c3cccc(Cl)c3)OC1=O)c1nc-2c[nH]1. The number of amides is 3. The number of ether oxygens (including phenoxy) is 2. The van der Waals surface area contributed by atoms with E-state index >= 15 is 0 Å². The summed E-state index contributed by atoms with van der Waals surface area (Å²) in [4.78, 5) is 47.3. The van der Waals surface area contributed by atoms with Crippen LogP contribution in [0.25, 0.3) is 11.3 Å². The topological polar surface area (TPSA) is 126 Å². The van der Waals surface area contributed by atoms with Crippen molar-refractivity contribution in [2.24, 2.45) is 0 Å². The van der Waals surface area contributed by atoms with E-state index in [0.29, 0.717) is 72.1 Å². The summed E-state index contributed by atoms with van der Waals surface area (Å²) < 4.78 is 10.5. The van der Waals surface area contributed by atoms with E-state index < -0.39 is 12.2 Å². The normalized spacial score (nSPS) is 19.8. The van der Waals surface area contributed by atoms with Crippen molar-refractivity contribution < 1.29 is 23.9 Å². The molecule has 0 spiro atoms. The van der Waals surface area contributed by atoms with Gasteiger partial charge in [-0.1, -0.05) is 30.2 Å². The van der Waals surface area contributed by atoms with Crippen LogP contribution in [0, 0.1) is 0 Å². The quantitative estimate of drug-likeness (QED) is 0.373. The lowest BCUT2D eigenvalue weighted by Crippen LogP contribution is -2.42. The lowest BCUT2D eigenvalue weighted by Gasteiger charge is -2.36. The van der Waals surface area contributed by atoms with Gasteiger partial charge in [0.1, 0.15) is 11.9 Å². The van der Waals surface area contributed by atoms with Crippen molar-refractivity contribution in [3.63, 3.8) is 0 Å². The summed E-state index contributed by atoms with van der Waals surface area (Å²) in [6.45, 7) is 0.496. The Hall–Kier alpha value is -4.05. The molecule has 3 aromatic rings. The molecule has 1 saturated heterocycles. The first-order valence-corrected chi connectivity index (χ1v) is 12.9. The molecule has 3 heterocycles. The van der Waals surface area contributed by atoms with Crippen LogP contribution in [0.5, 0.6) is 0 Å². The second kappa shape index (κ2) is 11.1. The average molecular weight is 538 g/mol. The van der Waals surface area contributed by atoms with Crippen molar-refractivity contribution in [3.8, 4) is 11.3 Å². The summed E-state index contributed by atoms with van der Waals surface area (Å²) in [5.41, 5.74) is 3.14. The number of cyclic esters (lactones) is 1. The molecular formula is C27H28ClN5O5. The predicted molar refractivity (Wildman–Crippen MR) is 142 cm³/mol. The van der Waals surface area contributed by atoms with E-state index in [9.17, 15) is 14.4 Å². The predicted octanol–water partition coefficient (Wildman–Crippen LogP) is 6.05. The Bertz CT molecular complexity index is 1360. The largest absolute Gasteiger partial charge is 0.453 e. The minimum Gasteiger partial charge on any atom is -0.453 e. The number of methoxy groups -OCH3 is 1. The number of anilines is 2. The van der Waals surface area contributed by atoms with E-state index in [-0.39, 0.29) is 18.1 Å². The van der Waals surface area contributed by atoms with E-state index in [1.54, 1.807) is 35.4 Å². The maximum atomic E-state index is 13.2. The summed E-state index contributed by atoms with van der Waals surface area (Å²) >= 11 is 6.13. The summed E-state index contributed by atoms with van der Waals surface area (Å²) in [6.07, 6.45) is 3.30. The monoisotopic (exact) mass is 537 g/mol. The second-order valence-electron chi connectivity index (χ2n) is 9.27. The number of fused-ring (bicyclic) bond motifs is 4. The Morgan fingerprint density at radius 3 is 2.84 bits per heavy atom. The molecule has 0 radical (unpaired) electrons. The zero-order chi connectivity index (χ0) is 26.6. The molecule has 11 heteroatoms. The van der Waals surface area contributed by atoms with Crippen LogP contribution in [0.4, 0.5) is 21.0 Å². The van der Waals surface area contributed by atoms with Crippen LogP contribution in [0.15, 0.2) is 48.7 Å². The first-order chi connectivity index (χ1) is 18.4. The highest BCUT2D eigenvalue weighted by Gasteiger charge is 2.35. The molecule has 38 heavy (non-hydrogen) atoms. The average Bonchev–Trinajstić information content (AvgIpc) is 3.38. The molecule has 2 unspecified atom stereocenters. The first kappa shape index (κ1) is 25.6. The molecule has 3 N–H and O–H groups in total. The minimum atomic E-state index is -0.611. The van der Waals surface area contributed by atoms with Crippen molar-refractivity contribution in [3.05, 3.63) is 65.1 Å². The summed E-state index contributed by atoms with van der Waals surface area (Å²) in [7, 11) is 1.28. The zero-order valence-electron chi connectivity index (χ0n) is 20.8. The second-order valence-corrected chi connectivity index (χ2v) is 9.70. The fourth-order valence-corrected chi connectivity index (χ4v) is 5.06. The summed E-state index contributed by atoms with van der Waals surface area (Å²) in [5.74, 6) is 0.504. The molecule has 2 aliphatic heterocycles. The molecule has 3 amide bonds. The number of hydrogen-bond acceptors (Lipinski definition) is 6. The summed E-state index contributed by atoms with van der Waals surface area (Å²) in [5, 5.41) is 6.14. The van der Waals surface area contributed by atoms with Gasteiger partial charge in [0.15, 0.2) is 0 Å². The van der Waals surface area contributed by atoms with Crippen molar-refractivity contribution >= 4 is 41.1 Å². The van der Waals surface area contributed by atoms with Gasteiger partial charge in [-0.15, -0.1) is 0 Å². The number of nitrogens with one attached hydrogen (secondary N) is 3. The molecule has 2 aromatic carbocycles. The van der Waals surface area contributed by atoms with Gasteiger partial charge in [0.05, 0.1) is 24.5 Å². The Kier molecular flexibility index (Phi) is 7.50. The third-order valence-electron chi connectivity index (χ3n) is 6.75. The Balaban J connectivity index is 1.42. The van der Waals surface area contributed by atoms with Crippen LogP contribution in [-0.4, -0.2) is 46.6 Å². The number of carbonyl (C=O) groups is 3. The molecule has 1 fully saturated rings. The van der Waals surface area contributed by atoms with E-state index in [4.69, 9.17) is 21.3 Å². The van der Waals surface area contributed by atoms with Crippen LogP contribution < -0.4 is 10.6 Å². The zero-order valence-corrected chi connectivity index (χ0v) is 21.6. The molecular weight excluding hydrogens is 510 g/mol. The fourth-order valence-electron chi connectivity index (χ4n) is 4.86. The molecule has 10 nitrogen and oxygen atoms in total. The van der Waals surface area contributed by atoms with Crippen LogP contribution in [0.1, 0.15) is 55.6 Å². The third-order valence-corrected chi connectivity index (χ3v) is 6.99. The number of aromatic nitrogens is 2. The van der Waals surface area contributed by atoms with E-state index in [1.807, 2.05) is 18.2 Å². The van der Waals surface area contributed by atoms with Gasteiger partial charge >= 0.3 is 12.2 Å². The van der Waals surface area contributed by atoms with Crippen molar-refractivity contribution in [2.75, 3.05) is 24.3 Å². The smallest absolute Gasteiger partial charge is 0.411 e. The lowest BCUT2D eigenvalue weighted by molar-refractivity contribution is -0.116. The highest BCUT2D eigenvalue weighted by molar-refractivity contribution is 6.30. The number of carbonyl (C=O) groups excluding carboxylic acids is 3. The van der Waals surface area contributed by atoms with Crippen molar-refractivity contribution in [2.45, 2.75) is 44.2 Å². The molecule has 0 aliphatic carbocycles. The van der Waals surface area contributed by atoms with E-state index in [0.717, 1.165) is 5.56 Å². The van der Waals surface area contributed by atoms with Gasteiger partial charge < -0.3 is 19.8 Å². The first-order valence-electron chi connectivity index (χ1n) is 12.5. The standard InChI is InChI=1S/C27H28ClN5O5/c1-37-26(35)30-18-9-10-19-20(14-18)31-24(34)8-3-2-7-22(25-29-15-21(19)32-25)33-12-11-23(38-27(33)36)16-5-4-6-17(28)13-16/h4-6,9-10,13-15,22-23H,2-3,7-8,11-12H2,1H3,(H,29,32)(H,30,35)(H,31,34). The fraction of sp³-hybridized carbons (Fsp3) is 0.333. The van der Waals surface area contributed by atoms with Crippen LogP contribution in [0.2, 0.25) is 5.02 Å². The molecule has 2 aliphatic rings. The van der Waals surface area contributed by atoms with Gasteiger partial charge in [0.25, 0.3) is 0 Å². The lowest BCUT2D eigenvalue weighted by atomic mass is 10.0. The van der Waals surface area contributed by atoms with Gasteiger partial charge in [-0.05, 0) is 48.7 Å². The van der Waals surface area contributed by atoms with Crippen LogP contribution in [-0.2, 0) is 14.3 Å². The van der Waals surface area contributed by atoms with Gasteiger partial charge in [0, 0.05) is 41.9 Å². The number of hydrogen-bond donors (Lipinski definition) is 3. The Labute approximate surface area is 224 Å². The molecule has 2 atom stereocenters. The van der Waals surface area contributed by atoms with Gasteiger partial charge in [0.2, 0.25) is 5.91 Å². The number of nitrogens with zero attached hydrogens (tertiary/aromatic N) is 2. The maximum absolute atomic E-state index is 13.2. The highest BCUT2D eigenvalue weighted by atomic mass is 35.5. The number of halogens is 1. The number of aromatic amines is 1. The van der Waals surface area contributed by atoms with Crippen LogP contribution >= 0.6 is 11.6 Å². The van der Waals surface area contributed by atoms with Crippen LogP contribution in [0.3, 0.4) is 0 Å². The number of rotatable bonds is 3. The Morgan fingerprint density at radius 2 is 2.05 bits per heavy atom. The van der Waals surface area contributed by atoms with Gasteiger partial charge in [-0.25, -0.2) is 14.6 Å². The number of benzene rings is 2. The van der Waals surface area contributed by atoms with Gasteiger partial charge in [-0.3, -0.25) is 15.0 Å². The molecule has 1 aromatic heterocycles. The Morgan fingerprint density at radius 1 is 1.18 bits per heavy atom. The molecule has 5 rings (SSSR count). The minimum absolute atomic E-state index is 0.143. The number of imidazole rings is 1. The van der Waals surface area contributed by atoms with E-state index in [2.05, 4.69) is 20.4 Å². The van der Waals surface area contributed by atoms with E-state index in [1.165, 1.54) is 7.11 Å². The number of H-pyrrole nitrogens is 1. The summed E-state index contributed by atoms with van der Waals surface area (Å²) in [6, 6.07) is 12.2.